The lowest BCUT2D eigenvalue weighted by atomic mass is 10.2. The molecule has 13 heteroatoms. The van der Waals surface area contributed by atoms with Crippen LogP contribution in [0.25, 0.3) is 0 Å². The Morgan fingerprint density at radius 2 is 1.21 bits per heavy atom. The summed E-state index contributed by atoms with van der Waals surface area (Å²) in [6.45, 7) is 12.5. The Bertz CT molecular complexity index is 618. The minimum atomic E-state index is -0.669. The van der Waals surface area contributed by atoms with Gasteiger partial charge in [-0.1, -0.05) is 20.8 Å². The first-order valence-electron chi connectivity index (χ1n) is 13.7. The first-order valence-corrected chi connectivity index (χ1v) is 15.6. The first kappa shape index (κ1) is 38.1. The number of thioether (sulfide) groups is 1. The summed E-state index contributed by atoms with van der Waals surface area (Å²) in [7, 11) is 2.60. The van der Waals surface area contributed by atoms with E-state index in [1.807, 2.05) is 0 Å². The maximum atomic E-state index is 12.7. The second-order valence-electron chi connectivity index (χ2n) is 8.86. The Kier molecular flexibility index (Phi) is 28.0. The van der Waals surface area contributed by atoms with E-state index in [4.69, 9.17) is 28.4 Å². The number of carbonyl (C=O) groups is 3. The topological polar surface area (TPSA) is 131 Å². The van der Waals surface area contributed by atoms with E-state index in [2.05, 4.69) is 33.7 Å². The standard InChI is InChI=1S/C26H51N2O9PS/c1-4-23(29)21-39-24(19-25(30)27-5-7-32-9-11-34-13-14-36-17-18-38)26(31)28-6-8-33-10-12-35-15-16-37-20-22(2)3/h22,24H,4-21,38H2,1-3H3,(H,27,30)(H,28,31). The zero-order chi connectivity index (χ0) is 29.0. The van der Waals surface area contributed by atoms with Crippen molar-refractivity contribution in [2.24, 2.45) is 5.92 Å². The van der Waals surface area contributed by atoms with Crippen LogP contribution in [0.1, 0.15) is 33.6 Å². The van der Waals surface area contributed by atoms with E-state index < -0.39 is 5.25 Å². The smallest absolute Gasteiger partial charge is 0.233 e. The lowest BCUT2D eigenvalue weighted by Crippen LogP contribution is -2.39. The molecule has 0 aromatic carbocycles. The van der Waals surface area contributed by atoms with Gasteiger partial charge < -0.3 is 39.1 Å². The van der Waals surface area contributed by atoms with Gasteiger partial charge in [0.2, 0.25) is 11.8 Å². The molecule has 11 nitrogen and oxygen atoms in total. The van der Waals surface area contributed by atoms with E-state index in [1.165, 1.54) is 11.8 Å². The molecule has 0 rings (SSSR count). The highest BCUT2D eigenvalue weighted by Gasteiger charge is 2.23. The molecule has 0 aliphatic carbocycles. The summed E-state index contributed by atoms with van der Waals surface area (Å²) in [6, 6.07) is 0. The quantitative estimate of drug-likeness (QED) is 0.0961. The van der Waals surface area contributed by atoms with E-state index in [1.54, 1.807) is 6.92 Å². The third kappa shape index (κ3) is 27.1. The molecule has 0 aliphatic heterocycles. The van der Waals surface area contributed by atoms with E-state index in [0.717, 1.165) is 6.16 Å². The number of ether oxygens (including phenoxy) is 6. The van der Waals surface area contributed by atoms with Crippen LogP contribution in [0, 0.1) is 5.92 Å². The van der Waals surface area contributed by atoms with Gasteiger partial charge in [-0.15, -0.1) is 21.0 Å². The monoisotopic (exact) mass is 598 g/mol. The maximum Gasteiger partial charge on any atom is 0.233 e. The molecule has 0 saturated carbocycles. The zero-order valence-corrected chi connectivity index (χ0v) is 26.0. The Hall–Kier alpha value is -0.850. The fourth-order valence-electron chi connectivity index (χ4n) is 2.77. The Labute approximate surface area is 241 Å². The van der Waals surface area contributed by atoms with Crippen molar-refractivity contribution in [3.63, 3.8) is 0 Å². The molecular weight excluding hydrogens is 547 g/mol. The van der Waals surface area contributed by atoms with Gasteiger partial charge >= 0.3 is 0 Å². The lowest BCUT2D eigenvalue weighted by molar-refractivity contribution is -0.126. The van der Waals surface area contributed by atoms with Crippen molar-refractivity contribution in [3.05, 3.63) is 0 Å². The predicted molar refractivity (Wildman–Crippen MR) is 157 cm³/mol. The van der Waals surface area contributed by atoms with Crippen LogP contribution in [0.15, 0.2) is 0 Å². The van der Waals surface area contributed by atoms with Gasteiger partial charge in [0.1, 0.15) is 5.78 Å². The van der Waals surface area contributed by atoms with Gasteiger partial charge in [0.05, 0.1) is 83.7 Å². The molecular formula is C26H51N2O9PS. The first-order chi connectivity index (χ1) is 18.9. The van der Waals surface area contributed by atoms with Crippen molar-refractivity contribution in [2.75, 3.05) is 104 Å². The van der Waals surface area contributed by atoms with E-state index >= 15 is 0 Å². The van der Waals surface area contributed by atoms with Gasteiger partial charge in [0.25, 0.3) is 0 Å². The summed E-state index contributed by atoms with van der Waals surface area (Å²) in [5.74, 6) is 0.143. The van der Waals surface area contributed by atoms with E-state index in [9.17, 15) is 14.4 Å². The average molecular weight is 599 g/mol. The molecule has 0 aromatic rings. The maximum absolute atomic E-state index is 12.7. The number of hydrogen-bond donors (Lipinski definition) is 2. The molecule has 0 aromatic heterocycles. The minimum absolute atomic E-state index is 0.0273. The number of amides is 2. The molecule has 0 radical (unpaired) electrons. The molecule has 0 spiro atoms. The lowest BCUT2D eigenvalue weighted by Gasteiger charge is -2.16. The average Bonchev–Trinajstić information content (AvgIpc) is 2.92. The van der Waals surface area contributed by atoms with Crippen LogP contribution in [0.5, 0.6) is 0 Å². The van der Waals surface area contributed by atoms with Crippen molar-refractivity contribution in [1.82, 2.24) is 10.6 Å². The molecule has 0 aliphatic rings. The second-order valence-corrected chi connectivity index (χ2v) is 10.6. The Morgan fingerprint density at radius 3 is 1.72 bits per heavy atom. The fraction of sp³-hybridized carbons (Fsp3) is 0.885. The largest absolute Gasteiger partial charge is 0.379 e. The van der Waals surface area contributed by atoms with Crippen LogP contribution in [0.4, 0.5) is 0 Å². The summed E-state index contributed by atoms with van der Waals surface area (Å²) in [5.41, 5.74) is 0. The molecule has 0 bridgehead atoms. The highest BCUT2D eigenvalue weighted by atomic mass is 32.2. The van der Waals surface area contributed by atoms with Crippen molar-refractivity contribution in [2.45, 2.75) is 38.9 Å². The number of carbonyl (C=O) groups excluding carboxylic acids is 3. The number of nitrogens with one attached hydrogen (secondary N) is 2. The molecule has 0 fully saturated rings. The third-order valence-electron chi connectivity index (χ3n) is 4.82. The van der Waals surface area contributed by atoms with Crippen LogP contribution >= 0.6 is 21.0 Å². The Balaban J connectivity index is 4.04. The third-order valence-corrected chi connectivity index (χ3v) is 6.33. The molecule has 230 valence electrons. The van der Waals surface area contributed by atoms with Crippen LogP contribution in [-0.2, 0) is 42.8 Å². The van der Waals surface area contributed by atoms with Crippen LogP contribution < -0.4 is 10.6 Å². The predicted octanol–water partition coefficient (Wildman–Crippen LogP) is 1.32. The van der Waals surface area contributed by atoms with Gasteiger partial charge in [-0.2, -0.15) is 0 Å². The molecule has 2 N–H and O–H groups in total. The zero-order valence-electron chi connectivity index (χ0n) is 24.0. The summed E-state index contributed by atoms with van der Waals surface area (Å²) in [4.78, 5) is 36.8. The summed E-state index contributed by atoms with van der Waals surface area (Å²) in [6.07, 6.45) is 1.26. The second kappa shape index (κ2) is 28.7. The normalized spacial score (nSPS) is 12.0. The SMILES string of the molecule is CCC(=O)CSC(CC(=O)NCCOCCOCCOCCP)C(=O)NCCOCCOCCOCC(C)C. The van der Waals surface area contributed by atoms with Crippen molar-refractivity contribution < 1.29 is 42.8 Å². The van der Waals surface area contributed by atoms with Gasteiger partial charge in [0.15, 0.2) is 0 Å². The molecule has 39 heavy (non-hydrogen) atoms. The van der Waals surface area contributed by atoms with Crippen LogP contribution in [-0.4, -0.2) is 127 Å². The van der Waals surface area contributed by atoms with E-state index in [0.29, 0.717) is 105 Å². The van der Waals surface area contributed by atoms with Gasteiger partial charge in [-0.25, -0.2) is 0 Å². The van der Waals surface area contributed by atoms with Gasteiger partial charge in [-0.3, -0.25) is 14.4 Å². The number of Topliss-reactive ketones (excluding diaryl/α,β-unsaturated/α-hetero) is 1. The highest BCUT2D eigenvalue weighted by molar-refractivity contribution is 8.01. The van der Waals surface area contributed by atoms with Crippen LogP contribution in [0.2, 0.25) is 0 Å². The van der Waals surface area contributed by atoms with Crippen molar-refractivity contribution in [3.8, 4) is 0 Å². The summed E-state index contributed by atoms with van der Waals surface area (Å²) >= 11 is 1.18. The van der Waals surface area contributed by atoms with Crippen molar-refractivity contribution in [1.29, 1.82) is 0 Å². The van der Waals surface area contributed by atoms with E-state index in [-0.39, 0.29) is 29.8 Å². The number of rotatable bonds is 29. The van der Waals surface area contributed by atoms with Gasteiger partial charge in [0, 0.05) is 32.5 Å². The number of hydrogen-bond acceptors (Lipinski definition) is 10. The molecule has 2 atom stereocenters. The highest BCUT2D eigenvalue weighted by Crippen LogP contribution is 2.16. The fourth-order valence-corrected chi connectivity index (χ4v) is 4.03. The number of ketones is 1. The summed E-state index contributed by atoms with van der Waals surface area (Å²) < 4.78 is 32.5. The van der Waals surface area contributed by atoms with Gasteiger partial charge in [-0.05, 0) is 12.1 Å². The molecule has 0 saturated heterocycles. The Morgan fingerprint density at radius 1 is 0.718 bits per heavy atom. The molecule has 0 heterocycles. The minimum Gasteiger partial charge on any atom is -0.379 e. The summed E-state index contributed by atoms with van der Waals surface area (Å²) in [5, 5.41) is 4.87. The van der Waals surface area contributed by atoms with Crippen molar-refractivity contribution >= 4 is 38.6 Å². The molecule has 2 amide bonds. The molecule has 2 unspecified atom stereocenters. The van der Waals surface area contributed by atoms with Crippen LogP contribution in [0.3, 0.4) is 0 Å².